The highest BCUT2D eigenvalue weighted by atomic mass is 79.9. The van der Waals surface area contributed by atoms with Crippen LogP contribution in [0.4, 0.5) is 0 Å². The Bertz CT molecular complexity index is 1570. The van der Waals surface area contributed by atoms with E-state index in [1.165, 1.54) is 43.2 Å². The normalized spacial score (nSPS) is 14.3. The number of fused-ring (bicyclic) bond motifs is 9. The predicted octanol–water partition coefficient (Wildman–Crippen LogP) is 9.60. The van der Waals surface area contributed by atoms with Crippen LogP contribution >= 0.6 is 39.3 Å². The van der Waals surface area contributed by atoms with Gasteiger partial charge in [0.15, 0.2) is 0 Å². The SMILES string of the molecule is Clc1cc2c(cc1-c1cccc(Br)c1)C1(c3ccccc3Sc3ccccc31)c1ccccc1-2. The van der Waals surface area contributed by atoms with Crippen LogP contribution in [-0.4, -0.2) is 0 Å². The Labute approximate surface area is 216 Å². The monoisotopic (exact) mass is 536 g/mol. The summed E-state index contributed by atoms with van der Waals surface area (Å²) >= 11 is 12.5. The van der Waals surface area contributed by atoms with E-state index in [4.69, 9.17) is 11.6 Å². The molecule has 0 radical (unpaired) electrons. The Morgan fingerprint density at radius 3 is 1.91 bits per heavy atom. The maximum atomic E-state index is 6.97. The van der Waals surface area contributed by atoms with Crippen molar-refractivity contribution in [2.24, 2.45) is 0 Å². The molecule has 0 aromatic heterocycles. The summed E-state index contributed by atoms with van der Waals surface area (Å²) in [5.41, 5.74) is 9.57. The second-order valence-electron chi connectivity index (χ2n) is 8.78. The van der Waals surface area contributed by atoms with E-state index in [-0.39, 0.29) is 5.41 Å². The van der Waals surface area contributed by atoms with Gasteiger partial charge in [-0.15, -0.1) is 0 Å². The summed E-state index contributed by atoms with van der Waals surface area (Å²) in [7, 11) is 0. The van der Waals surface area contributed by atoms with E-state index in [1.807, 2.05) is 17.8 Å². The summed E-state index contributed by atoms with van der Waals surface area (Å²) in [5.74, 6) is 0. The largest absolute Gasteiger partial charge is 0.0894 e. The molecule has 0 amide bonds. The van der Waals surface area contributed by atoms with E-state index < -0.39 is 0 Å². The lowest BCUT2D eigenvalue weighted by Gasteiger charge is -2.39. The van der Waals surface area contributed by atoms with E-state index in [9.17, 15) is 0 Å². The zero-order valence-corrected chi connectivity index (χ0v) is 21.2. The molecule has 7 rings (SSSR count). The molecule has 34 heavy (non-hydrogen) atoms. The lowest BCUT2D eigenvalue weighted by molar-refractivity contribution is 0.722. The second kappa shape index (κ2) is 7.61. The minimum atomic E-state index is -0.379. The molecule has 2 aliphatic rings. The molecule has 162 valence electrons. The van der Waals surface area contributed by atoms with Crippen LogP contribution in [0.1, 0.15) is 22.3 Å². The molecule has 0 saturated carbocycles. The molecule has 3 heteroatoms. The van der Waals surface area contributed by atoms with Crippen molar-refractivity contribution in [3.8, 4) is 22.3 Å². The molecule has 0 unspecified atom stereocenters. The summed E-state index contributed by atoms with van der Waals surface area (Å²) in [5, 5.41) is 0.774. The fourth-order valence-electron chi connectivity index (χ4n) is 5.75. The first-order chi connectivity index (χ1) is 16.7. The van der Waals surface area contributed by atoms with Gasteiger partial charge in [0.1, 0.15) is 0 Å². The second-order valence-corrected chi connectivity index (χ2v) is 11.2. The minimum absolute atomic E-state index is 0.379. The zero-order valence-electron chi connectivity index (χ0n) is 18.1. The molecule has 1 spiro atoms. The van der Waals surface area contributed by atoms with Gasteiger partial charge in [0.25, 0.3) is 0 Å². The standard InChI is InChI=1S/C31H18BrClS/c32-20-9-7-8-19(16-20)22-17-27-23(18-28(22)33)21-10-1-2-11-24(21)31(27)25-12-3-5-14-29(25)34-30-15-6-4-13-26(30)31/h1-18H. The smallest absolute Gasteiger partial charge is 0.0735 e. The van der Waals surface area contributed by atoms with Crippen molar-refractivity contribution in [2.45, 2.75) is 15.2 Å². The summed E-state index contributed by atoms with van der Waals surface area (Å²) in [6.45, 7) is 0. The maximum absolute atomic E-state index is 6.97. The van der Waals surface area contributed by atoms with Crippen LogP contribution in [0.3, 0.4) is 0 Å². The van der Waals surface area contributed by atoms with E-state index in [1.54, 1.807) is 0 Å². The zero-order chi connectivity index (χ0) is 22.9. The molecule has 5 aromatic carbocycles. The summed E-state index contributed by atoms with van der Waals surface area (Å²) < 4.78 is 1.05. The average Bonchev–Trinajstić information content (AvgIpc) is 3.14. The number of rotatable bonds is 1. The fraction of sp³-hybridized carbons (Fsp3) is 0.0323. The van der Waals surface area contributed by atoms with Crippen molar-refractivity contribution in [1.29, 1.82) is 0 Å². The molecule has 5 aromatic rings. The van der Waals surface area contributed by atoms with E-state index >= 15 is 0 Å². The van der Waals surface area contributed by atoms with E-state index in [2.05, 4.69) is 119 Å². The third-order valence-corrected chi connectivity index (χ3v) is 9.03. The van der Waals surface area contributed by atoms with Crippen molar-refractivity contribution in [3.05, 3.63) is 141 Å². The van der Waals surface area contributed by atoms with Crippen LogP contribution in [0.15, 0.2) is 123 Å². The van der Waals surface area contributed by atoms with Crippen LogP contribution in [0.2, 0.25) is 5.02 Å². The predicted molar refractivity (Wildman–Crippen MR) is 146 cm³/mol. The molecular formula is C31H18BrClS. The van der Waals surface area contributed by atoms with Crippen LogP contribution in [0.25, 0.3) is 22.3 Å². The number of halogens is 2. The van der Waals surface area contributed by atoms with Gasteiger partial charge in [-0.25, -0.2) is 0 Å². The van der Waals surface area contributed by atoms with Crippen molar-refractivity contribution in [3.63, 3.8) is 0 Å². The summed E-state index contributed by atoms with van der Waals surface area (Å²) in [4.78, 5) is 2.62. The quantitative estimate of drug-likeness (QED) is 0.201. The van der Waals surface area contributed by atoms with Gasteiger partial charge in [-0.1, -0.05) is 112 Å². The Morgan fingerprint density at radius 2 is 1.21 bits per heavy atom. The average molecular weight is 538 g/mol. The van der Waals surface area contributed by atoms with Crippen LogP contribution in [-0.2, 0) is 5.41 Å². The van der Waals surface area contributed by atoms with Crippen molar-refractivity contribution in [1.82, 2.24) is 0 Å². The highest BCUT2D eigenvalue weighted by Crippen LogP contribution is 2.62. The third kappa shape index (κ3) is 2.74. The van der Waals surface area contributed by atoms with Gasteiger partial charge >= 0.3 is 0 Å². The number of hydrogen-bond acceptors (Lipinski definition) is 1. The van der Waals surface area contributed by atoms with E-state index in [0.29, 0.717) is 0 Å². The van der Waals surface area contributed by atoms with Gasteiger partial charge in [0.05, 0.1) is 5.41 Å². The minimum Gasteiger partial charge on any atom is -0.0894 e. The molecule has 0 N–H and O–H groups in total. The number of benzene rings is 5. The Balaban J connectivity index is 1.65. The molecule has 0 nitrogen and oxygen atoms in total. The van der Waals surface area contributed by atoms with Crippen LogP contribution in [0.5, 0.6) is 0 Å². The van der Waals surface area contributed by atoms with Crippen molar-refractivity contribution in [2.75, 3.05) is 0 Å². The summed E-state index contributed by atoms with van der Waals surface area (Å²) in [6, 6.07) is 39.5. The highest BCUT2D eigenvalue weighted by Gasteiger charge is 2.50. The maximum Gasteiger partial charge on any atom is 0.0735 e. The number of hydrogen-bond donors (Lipinski definition) is 0. The Kier molecular flexibility index (Phi) is 4.61. The van der Waals surface area contributed by atoms with Crippen LogP contribution in [0, 0.1) is 0 Å². The Hall–Kier alpha value is -2.78. The van der Waals surface area contributed by atoms with Gasteiger partial charge in [-0.2, -0.15) is 0 Å². The molecular weight excluding hydrogens is 520 g/mol. The summed E-state index contributed by atoms with van der Waals surface area (Å²) in [6.07, 6.45) is 0. The first-order valence-electron chi connectivity index (χ1n) is 11.2. The fourth-order valence-corrected chi connectivity index (χ4v) is 7.61. The topological polar surface area (TPSA) is 0 Å². The van der Waals surface area contributed by atoms with Crippen LogP contribution < -0.4 is 0 Å². The van der Waals surface area contributed by atoms with Gasteiger partial charge in [-0.05, 0) is 75.3 Å². The lowest BCUT2D eigenvalue weighted by atomic mass is 9.67. The first-order valence-corrected chi connectivity index (χ1v) is 13.2. The van der Waals surface area contributed by atoms with Crippen molar-refractivity contribution >= 4 is 39.3 Å². The molecule has 0 fully saturated rings. The Morgan fingerprint density at radius 1 is 0.559 bits per heavy atom. The molecule has 0 atom stereocenters. The molecule has 0 saturated heterocycles. The van der Waals surface area contributed by atoms with Gasteiger partial charge < -0.3 is 0 Å². The van der Waals surface area contributed by atoms with Gasteiger partial charge in [-0.3, -0.25) is 0 Å². The molecule has 1 aliphatic carbocycles. The first kappa shape index (κ1) is 20.6. The highest BCUT2D eigenvalue weighted by molar-refractivity contribution is 9.10. The molecule has 1 aliphatic heterocycles. The molecule has 0 bridgehead atoms. The van der Waals surface area contributed by atoms with E-state index in [0.717, 1.165) is 20.6 Å². The van der Waals surface area contributed by atoms with Crippen molar-refractivity contribution < 1.29 is 0 Å². The lowest BCUT2D eigenvalue weighted by Crippen LogP contribution is -2.31. The van der Waals surface area contributed by atoms with Gasteiger partial charge in [0.2, 0.25) is 0 Å². The molecule has 1 heterocycles. The third-order valence-electron chi connectivity index (χ3n) is 7.07. The van der Waals surface area contributed by atoms with Gasteiger partial charge in [0, 0.05) is 24.8 Å².